The van der Waals surface area contributed by atoms with Gasteiger partial charge in [0.05, 0.1) is 0 Å². The third-order valence-electron chi connectivity index (χ3n) is 0.300. The Kier molecular flexibility index (Phi) is 3.85. The van der Waals surface area contributed by atoms with Gasteiger partial charge in [0.1, 0.15) is 0 Å². The molecule has 0 saturated carbocycles. The van der Waals surface area contributed by atoms with E-state index in [1.54, 1.807) is 0 Å². The van der Waals surface area contributed by atoms with Gasteiger partial charge in [-0.1, -0.05) is 0 Å². The van der Waals surface area contributed by atoms with Crippen LogP contribution in [0.5, 0.6) is 0 Å². The standard InChI is InChI=1S/CH6O4Si2/c1-4-6-5-7(2)3/h2H,6H2,1H3. The average Bonchev–Trinajstić information content (AvgIpc) is 1.61. The topological polar surface area (TPSA) is 55.8 Å². The van der Waals surface area contributed by atoms with Crippen LogP contribution < -0.4 is 0 Å². The van der Waals surface area contributed by atoms with Gasteiger partial charge in [0.2, 0.25) is 0 Å². The molecule has 0 spiro atoms. The molecule has 0 saturated heterocycles. The molecule has 0 aromatic rings. The third kappa shape index (κ3) is 5.79. The van der Waals surface area contributed by atoms with Gasteiger partial charge in [-0.2, -0.15) is 0 Å². The highest BCUT2D eigenvalue weighted by Crippen LogP contribution is 1.64. The molecule has 42 valence electrons. The van der Waals surface area contributed by atoms with Crippen molar-refractivity contribution in [3.05, 3.63) is 0 Å². The van der Waals surface area contributed by atoms with Gasteiger partial charge in [-0.05, 0) is 0 Å². The van der Waals surface area contributed by atoms with E-state index in [0.717, 1.165) is 0 Å². The third-order valence-corrected chi connectivity index (χ3v) is 2.00. The zero-order valence-electron chi connectivity index (χ0n) is 3.88. The molecule has 0 unspecified atom stereocenters. The molecule has 4 nitrogen and oxygen atoms in total. The second-order valence-electron chi connectivity index (χ2n) is 0.817. The van der Waals surface area contributed by atoms with Crippen molar-refractivity contribution in [1.82, 2.24) is 0 Å². The summed E-state index contributed by atoms with van der Waals surface area (Å²) in [6.45, 7) is 0. The molecule has 7 heavy (non-hydrogen) atoms. The monoisotopic (exact) mass is 138 g/mol. The molecule has 0 bridgehead atoms. The predicted molar refractivity (Wildman–Crippen MR) is 25.3 cm³/mol. The van der Waals surface area contributed by atoms with E-state index in [4.69, 9.17) is 4.80 Å². The van der Waals surface area contributed by atoms with Gasteiger partial charge in [0.25, 0.3) is 0 Å². The van der Waals surface area contributed by atoms with Gasteiger partial charge in [-0.15, -0.1) is 0 Å². The van der Waals surface area contributed by atoms with E-state index in [-0.39, 0.29) is 0 Å². The first-order valence-electron chi connectivity index (χ1n) is 1.62. The maximum atomic E-state index is 9.68. The van der Waals surface area contributed by atoms with Gasteiger partial charge >= 0.3 is 19.2 Å². The van der Waals surface area contributed by atoms with E-state index in [1.165, 1.54) is 7.11 Å². The molecule has 1 N–H and O–H groups in total. The van der Waals surface area contributed by atoms with Crippen LogP contribution in [0.3, 0.4) is 0 Å². The fourth-order valence-corrected chi connectivity index (χ4v) is 0.984. The summed E-state index contributed by atoms with van der Waals surface area (Å²) < 4.78 is 18.3. The Balaban J connectivity index is 2.82. The molecule has 0 aromatic carbocycles. The summed E-state index contributed by atoms with van der Waals surface area (Å²) in [5.41, 5.74) is 0. The fraction of sp³-hybridized carbons (Fsp3) is 1.00. The molecule has 6 heteroatoms. The van der Waals surface area contributed by atoms with Crippen LogP contribution in [0, 0.1) is 0 Å². The molecule has 0 fully saturated rings. The molecule has 0 radical (unpaired) electrons. The number of rotatable bonds is 3. The summed E-state index contributed by atoms with van der Waals surface area (Å²) in [7, 11) is -2.41. The molecule has 0 amide bonds. The Morgan fingerprint density at radius 1 is 1.86 bits per heavy atom. The Morgan fingerprint density at radius 3 is 2.57 bits per heavy atom. The quantitative estimate of drug-likeness (QED) is 0.461. The van der Waals surface area contributed by atoms with Crippen LogP contribution in [0.1, 0.15) is 0 Å². The van der Waals surface area contributed by atoms with Crippen molar-refractivity contribution in [3.63, 3.8) is 0 Å². The lowest BCUT2D eigenvalue weighted by Crippen LogP contribution is -2.10. The minimum absolute atomic E-state index is 1.14. The number of hydrogen-bond acceptors (Lipinski definition) is 3. The summed E-state index contributed by atoms with van der Waals surface area (Å²) in [4.78, 5) is 7.96. The maximum absolute atomic E-state index is 9.68. The lowest BCUT2D eigenvalue weighted by Gasteiger charge is -1.92. The molecule has 0 aliphatic rings. The first-order chi connectivity index (χ1) is 3.27. The van der Waals surface area contributed by atoms with Gasteiger partial charge in [0, 0.05) is 7.11 Å². The van der Waals surface area contributed by atoms with Crippen LogP contribution in [0.4, 0.5) is 0 Å². The fourth-order valence-electron chi connectivity index (χ4n) is 0.109. The van der Waals surface area contributed by atoms with Crippen molar-refractivity contribution in [2.75, 3.05) is 7.11 Å². The second kappa shape index (κ2) is 3.97. The van der Waals surface area contributed by atoms with Crippen molar-refractivity contribution in [3.8, 4) is 0 Å². The van der Waals surface area contributed by atoms with Gasteiger partial charge in [-0.25, -0.2) is 0 Å². The van der Waals surface area contributed by atoms with Crippen molar-refractivity contribution in [2.24, 2.45) is 0 Å². The molecule has 0 aromatic heterocycles. The highest BCUT2D eigenvalue weighted by molar-refractivity contribution is 6.37. The Labute approximate surface area is 45.0 Å². The maximum Gasteiger partial charge on any atom is 0.750 e. The Hall–Kier alpha value is -0.206. The lowest BCUT2D eigenvalue weighted by atomic mass is 11.8. The average molecular weight is 138 g/mol. The van der Waals surface area contributed by atoms with Gasteiger partial charge < -0.3 is 13.3 Å². The largest absolute Gasteiger partial charge is 0.750 e. The summed E-state index contributed by atoms with van der Waals surface area (Å²) >= 11 is 0. The van der Waals surface area contributed by atoms with Crippen molar-refractivity contribution < 1.29 is 17.8 Å². The zero-order valence-corrected chi connectivity index (χ0v) is 6.29. The summed E-state index contributed by atoms with van der Waals surface area (Å²) in [5.74, 6) is 0. The van der Waals surface area contributed by atoms with Crippen molar-refractivity contribution in [2.45, 2.75) is 0 Å². The number of hydrogen-bond donors (Lipinski definition) is 1. The van der Waals surface area contributed by atoms with Crippen LogP contribution in [-0.4, -0.2) is 31.1 Å². The molecule has 0 rings (SSSR count). The molecule has 0 heterocycles. The molecule has 0 aliphatic heterocycles. The van der Waals surface area contributed by atoms with Gasteiger partial charge in [0.15, 0.2) is 0 Å². The van der Waals surface area contributed by atoms with Crippen LogP contribution in [0.2, 0.25) is 0 Å². The van der Waals surface area contributed by atoms with Gasteiger partial charge in [-0.3, -0.25) is 4.46 Å². The van der Waals surface area contributed by atoms with E-state index in [2.05, 4.69) is 8.54 Å². The summed E-state index contributed by atoms with van der Waals surface area (Å²) in [6, 6.07) is 0. The summed E-state index contributed by atoms with van der Waals surface area (Å²) in [6.07, 6.45) is 0. The van der Waals surface area contributed by atoms with E-state index >= 15 is 0 Å². The van der Waals surface area contributed by atoms with E-state index in [9.17, 15) is 4.46 Å². The van der Waals surface area contributed by atoms with Crippen molar-refractivity contribution >= 4 is 19.2 Å². The highest BCUT2D eigenvalue weighted by atomic mass is 28.4. The zero-order chi connectivity index (χ0) is 5.70. The van der Waals surface area contributed by atoms with E-state index in [0.29, 0.717) is 0 Å². The van der Waals surface area contributed by atoms with Crippen LogP contribution in [0.15, 0.2) is 0 Å². The smallest absolute Gasteiger partial charge is 0.534 e. The Morgan fingerprint density at radius 2 is 2.43 bits per heavy atom. The van der Waals surface area contributed by atoms with Crippen LogP contribution in [0.25, 0.3) is 0 Å². The highest BCUT2D eigenvalue weighted by Gasteiger charge is 1.99. The first-order valence-corrected chi connectivity index (χ1v) is 4.04. The minimum atomic E-state index is -2.71. The molecular weight excluding hydrogens is 132 g/mol. The predicted octanol–water partition coefficient (Wildman–Crippen LogP) is -1.94. The lowest BCUT2D eigenvalue weighted by molar-refractivity contribution is 0.297. The first kappa shape index (κ1) is 6.79. The van der Waals surface area contributed by atoms with Crippen LogP contribution >= 0.6 is 0 Å². The minimum Gasteiger partial charge on any atom is -0.534 e. The Bertz CT molecular complexity index is 62.7. The van der Waals surface area contributed by atoms with Crippen molar-refractivity contribution in [1.29, 1.82) is 0 Å². The van der Waals surface area contributed by atoms with E-state index < -0.39 is 19.2 Å². The molecule has 0 aliphatic carbocycles. The van der Waals surface area contributed by atoms with Crippen LogP contribution in [-0.2, 0) is 13.0 Å². The normalized spacial score (nSPS) is 9.86. The van der Waals surface area contributed by atoms with E-state index in [1.807, 2.05) is 0 Å². The molecular formula is CH6O4Si2. The SMILES string of the molecule is CO[SiH2]O[Si](=O)O. The molecule has 0 atom stereocenters. The summed E-state index contributed by atoms with van der Waals surface area (Å²) in [5, 5.41) is 0. The second-order valence-corrected chi connectivity index (χ2v) is 3.32.